The van der Waals surface area contributed by atoms with Crippen molar-refractivity contribution in [3.63, 3.8) is 0 Å². The van der Waals surface area contributed by atoms with Gasteiger partial charge in [-0.25, -0.2) is 0 Å². The lowest BCUT2D eigenvalue weighted by molar-refractivity contribution is 0.612. The molecule has 68 valence electrons. The van der Waals surface area contributed by atoms with Gasteiger partial charge in [-0.1, -0.05) is 6.92 Å². The molecule has 2 heterocycles. The Balaban J connectivity index is 2.48. The Labute approximate surface area is 76.6 Å². The summed E-state index contributed by atoms with van der Waals surface area (Å²) in [5, 5.41) is 0. The molecule has 0 aliphatic rings. The van der Waals surface area contributed by atoms with Crippen molar-refractivity contribution in [3.8, 4) is 0 Å². The van der Waals surface area contributed by atoms with Gasteiger partial charge in [0.15, 0.2) is 5.58 Å². The Morgan fingerprint density at radius 1 is 1.62 bits per heavy atom. The quantitative estimate of drug-likeness (QED) is 0.763. The van der Waals surface area contributed by atoms with E-state index in [1.165, 1.54) is 0 Å². The van der Waals surface area contributed by atoms with E-state index in [4.69, 9.17) is 10.2 Å². The summed E-state index contributed by atoms with van der Waals surface area (Å²) in [7, 11) is 0. The van der Waals surface area contributed by atoms with E-state index in [0.717, 1.165) is 23.1 Å². The van der Waals surface area contributed by atoms with Gasteiger partial charge in [0, 0.05) is 18.3 Å². The molecule has 0 radical (unpaired) electrons. The minimum Gasteiger partial charge on any atom is -0.463 e. The van der Waals surface area contributed by atoms with Crippen LogP contribution in [0.15, 0.2) is 29.0 Å². The van der Waals surface area contributed by atoms with Crippen LogP contribution in [-0.4, -0.2) is 4.98 Å². The SMILES string of the molecule is CCC(N)c1cnc2ccoc2c1. The Morgan fingerprint density at radius 2 is 2.46 bits per heavy atom. The maximum atomic E-state index is 5.87. The van der Waals surface area contributed by atoms with E-state index in [1.807, 2.05) is 18.3 Å². The largest absolute Gasteiger partial charge is 0.463 e. The maximum absolute atomic E-state index is 5.87. The van der Waals surface area contributed by atoms with E-state index in [2.05, 4.69) is 11.9 Å². The van der Waals surface area contributed by atoms with Gasteiger partial charge in [0.2, 0.25) is 0 Å². The molecule has 0 saturated carbocycles. The van der Waals surface area contributed by atoms with Gasteiger partial charge < -0.3 is 10.2 Å². The van der Waals surface area contributed by atoms with Gasteiger partial charge in [-0.2, -0.15) is 0 Å². The molecule has 0 fully saturated rings. The first-order valence-electron chi connectivity index (χ1n) is 4.40. The van der Waals surface area contributed by atoms with Crippen LogP contribution in [0.25, 0.3) is 11.1 Å². The molecule has 13 heavy (non-hydrogen) atoms. The van der Waals surface area contributed by atoms with Crippen LogP contribution in [0, 0.1) is 0 Å². The van der Waals surface area contributed by atoms with Crippen LogP contribution in [0.5, 0.6) is 0 Å². The number of hydrogen-bond acceptors (Lipinski definition) is 3. The van der Waals surface area contributed by atoms with E-state index in [9.17, 15) is 0 Å². The van der Waals surface area contributed by atoms with Crippen molar-refractivity contribution in [3.05, 3.63) is 30.2 Å². The summed E-state index contributed by atoms with van der Waals surface area (Å²) >= 11 is 0. The van der Waals surface area contributed by atoms with E-state index in [1.54, 1.807) is 6.26 Å². The number of nitrogens with zero attached hydrogens (tertiary/aromatic N) is 1. The zero-order chi connectivity index (χ0) is 9.26. The molecule has 0 amide bonds. The summed E-state index contributed by atoms with van der Waals surface area (Å²) in [5.41, 5.74) is 8.59. The molecular weight excluding hydrogens is 164 g/mol. The normalized spacial score (nSPS) is 13.4. The molecule has 3 nitrogen and oxygen atoms in total. The smallest absolute Gasteiger partial charge is 0.152 e. The minimum absolute atomic E-state index is 0.0574. The van der Waals surface area contributed by atoms with E-state index in [0.29, 0.717) is 0 Å². The van der Waals surface area contributed by atoms with Crippen LogP contribution in [-0.2, 0) is 0 Å². The lowest BCUT2D eigenvalue weighted by atomic mass is 10.1. The van der Waals surface area contributed by atoms with Gasteiger partial charge in [0.1, 0.15) is 5.52 Å². The Morgan fingerprint density at radius 3 is 3.23 bits per heavy atom. The first kappa shape index (κ1) is 8.26. The zero-order valence-corrected chi connectivity index (χ0v) is 7.53. The fourth-order valence-electron chi connectivity index (χ4n) is 1.30. The second kappa shape index (κ2) is 3.18. The Kier molecular flexibility index (Phi) is 2.02. The number of hydrogen-bond donors (Lipinski definition) is 1. The highest BCUT2D eigenvalue weighted by Crippen LogP contribution is 2.18. The summed E-state index contributed by atoms with van der Waals surface area (Å²) in [6, 6.07) is 3.86. The van der Waals surface area contributed by atoms with Gasteiger partial charge in [0.05, 0.1) is 6.26 Å². The van der Waals surface area contributed by atoms with E-state index < -0.39 is 0 Å². The number of pyridine rings is 1. The fourth-order valence-corrected chi connectivity index (χ4v) is 1.30. The number of nitrogens with two attached hydrogens (primary N) is 1. The minimum atomic E-state index is 0.0574. The molecule has 2 rings (SSSR count). The van der Waals surface area contributed by atoms with E-state index >= 15 is 0 Å². The lowest BCUT2D eigenvalue weighted by Gasteiger charge is -2.07. The molecule has 0 aliphatic carbocycles. The Hall–Kier alpha value is -1.35. The highest BCUT2D eigenvalue weighted by atomic mass is 16.3. The molecule has 2 N–H and O–H groups in total. The summed E-state index contributed by atoms with van der Waals surface area (Å²) in [6.45, 7) is 2.05. The predicted octanol–water partition coefficient (Wildman–Crippen LogP) is 2.24. The molecule has 2 aromatic rings. The number of rotatable bonds is 2. The van der Waals surface area contributed by atoms with Crippen LogP contribution in [0.4, 0.5) is 0 Å². The lowest BCUT2D eigenvalue weighted by Crippen LogP contribution is -2.08. The van der Waals surface area contributed by atoms with Crippen LogP contribution in [0.1, 0.15) is 24.9 Å². The average molecular weight is 176 g/mol. The second-order valence-corrected chi connectivity index (χ2v) is 3.09. The molecule has 0 saturated heterocycles. The third-order valence-corrected chi connectivity index (χ3v) is 2.19. The molecule has 1 unspecified atom stereocenters. The first-order chi connectivity index (χ1) is 6.31. The van der Waals surface area contributed by atoms with Gasteiger partial charge in [0.25, 0.3) is 0 Å². The highest BCUT2D eigenvalue weighted by molar-refractivity contribution is 5.72. The monoisotopic (exact) mass is 176 g/mol. The molecule has 0 aliphatic heterocycles. The molecular formula is C10H12N2O. The number of furan rings is 1. The zero-order valence-electron chi connectivity index (χ0n) is 7.53. The van der Waals surface area contributed by atoms with Crippen molar-refractivity contribution in [2.75, 3.05) is 0 Å². The average Bonchev–Trinajstić information content (AvgIpc) is 2.63. The molecule has 0 aromatic carbocycles. The predicted molar refractivity (Wildman–Crippen MR) is 51.2 cm³/mol. The molecule has 0 bridgehead atoms. The third kappa shape index (κ3) is 1.42. The summed E-state index contributed by atoms with van der Waals surface area (Å²) in [4.78, 5) is 4.24. The van der Waals surface area contributed by atoms with E-state index in [-0.39, 0.29) is 6.04 Å². The molecule has 0 spiro atoms. The van der Waals surface area contributed by atoms with Crippen molar-refractivity contribution in [2.45, 2.75) is 19.4 Å². The highest BCUT2D eigenvalue weighted by Gasteiger charge is 2.05. The molecule has 2 aromatic heterocycles. The van der Waals surface area contributed by atoms with Crippen LogP contribution in [0.3, 0.4) is 0 Å². The van der Waals surface area contributed by atoms with Crippen molar-refractivity contribution in [1.82, 2.24) is 4.98 Å². The van der Waals surface area contributed by atoms with Gasteiger partial charge >= 0.3 is 0 Å². The first-order valence-corrected chi connectivity index (χ1v) is 4.40. The number of aromatic nitrogens is 1. The summed E-state index contributed by atoms with van der Waals surface area (Å²) in [6.07, 6.45) is 4.36. The molecule has 1 atom stereocenters. The Bertz CT molecular complexity index is 408. The fraction of sp³-hybridized carbons (Fsp3) is 0.300. The molecule has 3 heteroatoms. The third-order valence-electron chi connectivity index (χ3n) is 2.19. The summed E-state index contributed by atoms with van der Waals surface area (Å²) in [5.74, 6) is 0. The van der Waals surface area contributed by atoms with Crippen LogP contribution >= 0.6 is 0 Å². The number of fused-ring (bicyclic) bond motifs is 1. The van der Waals surface area contributed by atoms with Crippen molar-refractivity contribution >= 4 is 11.1 Å². The van der Waals surface area contributed by atoms with Gasteiger partial charge in [-0.3, -0.25) is 4.98 Å². The maximum Gasteiger partial charge on any atom is 0.152 e. The summed E-state index contributed by atoms with van der Waals surface area (Å²) < 4.78 is 5.24. The standard InChI is InChI=1S/C10H12N2O/c1-2-8(11)7-5-10-9(12-6-7)3-4-13-10/h3-6,8H,2,11H2,1H3. The van der Waals surface area contributed by atoms with Crippen LogP contribution in [0.2, 0.25) is 0 Å². The van der Waals surface area contributed by atoms with Gasteiger partial charge in [-0.15, -0.1) is 0 Å². The van der Waals surface area contributed by atoms with Crippen molar-refractivity contribution in [2.24, 2.45) is 5.73 Å². The topological polar surface area (TPSA) is 52.0 Å². The second-order valence-electron chi connectivity index (χ2n) is 3.09. The van der Waals surface area contributed by atoms with Crippen molar-refractivity contribution in [1.29, 1.82) is 0 Å². The van der Waals surface area contributed by atoms with Gasteiger partial charge in [-0.05, 0) is 18.1 Å². The van der Waals surface area contributed by atoms with Crippen molar-refractivity contribution < 1.29 is 4.42 Å². The van der Waals surface area contributed by atoms with Crippen LogP contribution < -0.4 is 5.73 Å².